The number of nitrogens with zero attached hydrogens (tertiary/aromatic N) is 1. The summed E-state index contributed by atoms with van der Waals surface area (Å²) in [6, 6.07) is 26.9. The Morgan fingerprint density at radius 2 is 1.38 bits per heavy atom. The second-order valence-corrected chi connectivity index (χ2v) is 7.06. The lowest BCUT2D eigenvalue weighted by Crippen LogP contribution is -2.33. The van der Waals surface area contributed by atoms with Gasteiger partial charge >= 0.3 is 0 Å². The molecule has 0 radical (unpaired) electrons. The fourth-order valence-electron chi connectivity index (χ4n) is 2.84. The van der Waals surface area contributed by atoms with Crippen LogP contribution in [0.1, 0.15) is 17.2 Å². The number of rotatable bonds is 6. The second-order valence-electron chi connectivity index (χ2n) is 6.01. The number of thioether (sulfide) groups is 1. The molecular formula is C22H21NO2S. The summed E-state index contributed by atoms with van der Waals surface area (Å²) >= 11 is 1.47. The fourth-order valence-corrected chi connectivity index (χ4v) is 3.67. The molecule has 0 aliphatic rings. The van der Waals surface area contributed by atoms with Gasteiger partial charge in [0.25, 0.3) is 0 Å². The van der Waals surface area contributed by atoms with Crippen LogP contribution in [0.4, 0.5) is 0 Å². The number of carbonyl (C=O) groups is 1. The van der Waals surface area contributed by atoms with Crippen LogP contribution in [0.5, 0.6) is 5.75 Å². The van der Waals surface area contributed by atoms with Gasteiger partial charge in [0.15, 0.2) is 0 Å². The normalized spacial score (nSPS) is 10.7. The summed E-state index contributed by atoms with van der Waals surface area (Å²) in [5.41, 5.74) is 2.17. The minimum absolute atomic E-state index is 0.0563. The van der Waals surface area contributed by atoms with E-state index in [9.17, 15) is 9.90 Å². The zero-order chi connectivity index (χ0) is 18.4. The molecule has 0 saturated heterocycles. The Morgan fingerprint density at radius 3 is 1.88 bits per heavy atom. The number of hydrogen-bond acceptors (Lipinski definition) is 3. The van der Waals surface area contributed by atoms with Crippen LogP contribution < -0.4 is 0 Å². The molecular weight excluding hydrogens is 342 g/mol. The Balaban J connectivity index is 1.77. The van der Waals surface area contributed by atoms with E-state index in [4.69, 9.17) is 0 Å². The molecule has 4 heteroatoms. The van der Waals surface area contributed by atoms with Crippen LogP contribution in [0, 0.1) is 0 Å². The average Bonchev–Trinajstić information content (AvgIpc) is 2.69. The minimum Gasteiger partial charge on any atom is -0.508 e. The topological polar surface area (TPSA) is 40.5 Å². The maximum Gasteiger partial charge on any atom is 0.233 e. The summed E-state index contributed by atoms with van der Waals surface area (Å²) in [5, 5.41) is 9.36. The highest BCUT2D eigenvalue weighted by atomic mass is 32.2. The zero-order valence-corrected chi connectivity index (χ0v) is 15.4. The van der Waals surface area contributed by atoms with Crippen molar-refractivity contribution >= 4 is 17.7 Å². The lowest BCUT2D eigenvalue weighted by atomic mass is 9.97. The fraction of sp³-hybridized carbons (Fsp3) is 0.136. The summed E-state index contributed by atoms with van der Waals surface area (Å²) in [7, 11) is 1.85. The van der Waals surface area contributed by atoms with Gasteiger partial charge in [-0.3, -0.25) is 4.79 Å². The number of aromatic hydroxyl groups is 1. The van der Waals surface area contributed by atoms with Crippen molar-refractivity contribution in [1.29, 1.82) is 0 Å². The van der Waals surface area contributed by atoms with Gasteiger partial charge in [-0.2, -0.15) is 0 Å². The number of hydrogen-bond donors (Lipinski definition) is 1. The van der Waals surface area contributed by atoms with E-state index >= 15 is 0 Å². The van der Waals surface area contributed by atoms with Crippen molar-refractivity contribution in [3.8, 4) is 5.75 Å². The Labute approximate surface area is 158 Å². The minimum atomic E-state index is -0.120. The van der Waals surface area contributed by atoms with Crippen LogP contribution in [-0.4, -0.2) is 28.7 Å². The summed E-state index contributed by atoms with van der Waals surface area (Å²) in [6.45, 7) is 0. The summed E-state index contributed by atoms with van der Waals surface area (Å²) < 4.78 is 0. The average molecular weight is 363 g/mol. The lowest BCUT2D eigenvalue weighted by Gasteiger charge is -2.29. The zero-order valence-electron chi connectivity index (χ0n) is 14.6. The molecule has 3 nitrogen and oxygen atoms in total. The van der Waals surface area contributed by atoms with Crippen LogP contribution in [0.25, 0.3) is 0 Å². The molecule has 132 valence electrons. The molecule has 0 saturated carbocycles. The predicted octanol–water partition coefficient (Wildman–Crippen LogP) is 4.73. The Morgan fingerprint density at radius 1 is 0.885 bits per heavy atom. The first kappa shape index (κ1) is 18.1. The first-order valence-electron chi connectivity index (χ1n) is 8.42. The van der Waals surface area contributed by atoms with Crippen LogP contribution >= 0.6 is 11.8 Å². The quantitative estimate of drug-likeness (QED) is 0.644. The summed E-state index contributed by atoms with van der Waals surface area (Å²) in [5.74, 6) is 0.629. The van der Waals surface area contributed by atoms with Gasteiger partial charge in [-0.1, -0.05) is 60.7 Å². The molecule has 0 aliphatic carbocycles. The predicted molar refractivity (Wildman–Crippen MR) is 106 cm³/mol. The van der Waals surface area contributed by atoms with Crippen molar-refractivity contribution in [3.63, 3.8) is 0 Å². The first-order valence-corrected chi connectivity index (χ1v) is 9.41. The van der Waals surface area contributed by atoms with Gasteiger partial charge in [0.1, 0.15) is 5.75 Å². The van der Waals surface area contributed by atoms with Gasteiger partial charge in [0.05, 0.1) is 11.8 Å². The van der Waals surface area contributed by atoms with Crippen LogP contribution in [-0.2, 0) is 4.79 Å². The number of amides is 1. The third kappa shape index (κ3) is 4.46. The largest absolute Gasteiger partial charge is 0.508 e. The highest BCUT2D eigenvalue weighted by Gasteiger charge is 2.23. The van der Waals surface area contributed by atoms with E-state index in [-0.39, 0.29) is 17.7 Å². The molecule has 0 atom stereocenters. The molecule has 0 heterocycles. The monoisotopic (exact) mass is 363 g/mol. The van der Waals surface area contributed by atoms with Gasteiger partial charge in [0, 0.05) is 11.9 Å². The van der Waals surface area contributed by atoms with Crippen molar-refractivity contribution in [1.82, 2.24) is 4.90 Å². The van der Waals surface area contributed by atoms with Crippen LogP contribution in [0.15, 0.2) is 89.8 Å². The molecule has 3 aromatic rings. The molecule has 26 heavy (non-hydrogen) atoms. The van der Waals surface area contributed by atoms with Crippen molar-refractivity contribution in [2.45, 2.75) is 10.9 Å². The van der Waals surface area contributed by atoms with E-state index in [0.717, 1.165) is 16.0 Å². The SMILES string of the molecule is CN(C(=O)CSc1ccc(O)cc1)C(c1ccccc1)c1ccccc1. The molecule has 0 unspecified atom stereocenters. The highest BCUT2D eigenvalue weighted by molar-refractivity contribution is 8.00. The Hall–Kier alpha value is -2.72. The van der Waals surface area contributed by atoms with Crippen molar-refractivity contribution < 1.29 is 9.90 Å². The third-order valence-corrected chi connectivity index (χ3v) is 5.21. The molecule has 0 fully saturated rings. The van der Waals surface area contributed by atoms with Gasteiger partial charge in [-0.25, -0.2) is 0 Å². The number of benzene rings is 3. The van der Waals surface area contributed by atoms with Crippen molar-refractivity contribution in [2.75, 3.05) is 12.8 Å². The lowest BCUT2D eigenvalue weighted by molar-refractivity contribution is -0.128. The van der Waals surface area contributed by atoms with E-state index in [1.54, 1.807) is 17.0 Å². The van der Waals surface area contributed by atoms with Gasteiger partial charge < -0.3 is 10.0 Å². The van der Waals surface area contributed by atoms with Crippen molar-refractivity contribution in [2.24, 2.45) is 0 Å². The Kier molecular flexibility index (Phi) is 5.97. The molecule has 0 spiro atoms. The van der Waals surface area contributed by atoms with Crippen molar-refractivity contribution in [3.05, 3.63) is 96.1 Å². The number of phenolic OH excluding ortho intramolecular Hbond substituents is 1. The van der Waals surface area contributed by atoms with Gasteiger partial charge in [0.2, 0.25) is 5.91 Å². The molecule has 1 N–H and O–H groups in total. The van der Waals surface area contributed by atoms with E-state index < -0.39 is 0 Å². The maximum absolute atomic E-state index is 12.8. The smallest absolute Gasteiger partial charge is 0.233 e. The van der Waals surface area contributed by atoms with E-state index in [1.165, 1.54) is 11.8 Å². The molecule has 0 bridgehead atoms. The Bertz CT molecular complexity index is 796. The van der Waals surface area contributed by atoms with Gasteiger partial charge in [-0.05, 0) is 35.4 Å². The maximum atomic E-state index is 12.8. The highest BCUT2D eigenvalue weighted by Crippen LogP contribution is 2.29. The first-order chi connectivity index (χ1) is 12.6. The molecule has 1 amide bonds. The number of phenols is 1. The van der Waals surface area contributed by atoms with Crippen LogP contribution in [0.3, 0.4) is 0 Å². The number of carbonyl (C=O) groups excluding carboxylic acids is 1. The standard InChI is InChI=1S/C22H21NO2S/c1-23(21(25)16-26-20-14-12-19(24)13-15-20)22(17-8-4-2-5-9-17)18-10-6-3-7-11-18/h2-15,22,24H,16H2,1H3. The molecule has 0 aliphatic heterocycles. The second kappa shape index (κ2) is 8.59. The summed E-state index contributed by atoms with van der Waals surface area (Å²) in [6.07, 6.45) is 0. The molecule has 3 rings (SSSR count). The third-order valence-electron chi connectivity index (χ3n) is 4.21. The summed E-state index contributed by atoms with van der Waals surface area (Å²) in [4.78, 5) is 15.6. The van der Waals surface area contributed by atoms with E-state index in [2.05, 4.69) is 24.3 Å². The van der Waals surface area contributed by atoms with E-state index in [0.29, 0.717) is 5.75 Å². The molecule has 0 aromatic heterocycles. The van der Waals surface area contributed by atoms with Gasteiger partial charge in [-0.15, -0.1) is 11.8 Å². The van der Waals surface area contributed by atoms with E-state index in [1.807, 2.05) is 55.6 Å². The molecule has 3 aromatic carbocycles. The van der Waals surface area contributed by atoms with Crippen LogP contribution in [0.2, 0.25) is 0 Å².